The van der Waals surface area contributed by atoms with Crippen LogP contribution >= 0.6 is 48.5 Å². The third kappa shape index (κ3) is 4.84. The highest BCUT2D eigenvalue weighted by atomic mass is 35.5. The number of thioether (sulfide) groups is 1. The van der Waals surface area contributed by atoms with Gasteiger partial charge in [-0.2, -0.15) is 13.5 Å². The summed E-state index contributed by atoms with van der Waals surface area (Å²) in [6.07, 6.45) is -0.572. The van der Waals surface area contributed by atoms with E-state index in [1.165, 1.54) is 13.2 Å². The number of aliphatic hydroxyl groups is 1. The zero-order chi connectivity index (χ0) is 21.3. The number of hydrogen-bond acceptors (Lipinski definition) is 5. The van der Waals surface area contributed by atoms with Crippen molar-refractivity contribution in [1.82, 2.24) is 9.97 Å². The lowest BCUT2D eigenvalue weighted by Crippen LogP contribution is -2.23. The van der Waals surface area contributed by atoms with Crippen LogP contribution in [0.4, 0.5) is 8.78 Å². The predicted molar refractivity (Wildman–Crippen MR) is 120 cm³/mol. The summed E-state index contributed by atoms with van der Waals surface area (Å²) in [5, 5.41) is 9.11. The van der Waals surface area contributed by atoms with E-state index in [0.717, 1.165) is 17.8 Å². The van der Waals surface area contributed by atoms with Crippen LogP contribution in [0.15, 0.2) is 32.7 Å². The molecule has 0 aliphatic heterocycles. The van der Waals surface area contributed by atoms with Crippen LogP contribution in [0.1, 0.15) is 0 Å². The Kier molecular flexibility index (Phi) is 8.37. The minimum atomic E-state index is -0.941. The molecule has 0 bridgehead atoms. The second-order valence-corrected chi connectivity index (χ2v) is 7.84. The van der Waals surface area contributed by atoms with E-state index in [-0.39, 0.29) is 62.8 Å². The molecule has 0 unspecified atom stereocenters. The second-order valence-electron chi connectivity index (χ2n) is 5.99. The number of methoxy groups -OCH3 is 1. The Morgan fingerprint density at radius 3 is 2.47 bits per heavy atom. The summed E-state index contributed by atoms with van der Waals surface area (Å²) in [6.45, 7) is -0.287. The Hall–Kier alpha value is -1.56. The zero-order valence-corrected chi connectivity index (χ0v) is 18.6. The molecule has 1 heterocycles. The molecule has 0 amide bonds. The summed E-state index contributed by atoms with van der Waals surface area (Å²) < 4.78 is 33.4. The Labute approximate surface area is 190 Å². The van der Waals surface area contributed by atoms with E-state index in [9.17, 15) is 23.5 Å². The minimum Gasteiger partial charge on any atom is -0.394 e. The molecule has 0 fully saturated rings. The smallest absolute Gasteiger partial charge is 0.326 e. The molecule has 162 valence electrons. The van der Waals surface area contributed by atoms with Crippen molar-refractivity contribution in [2.75, 3.05) is 19.5 Å². The van der Waals surface area contributed by atoms with E-state index in [4.69, 9.17) is 27.9 Å². The van der Waals surface area contributed by atoms with Crippen LogP contribution in [0.25, 0.3) is 22.0 Å². The zero-order valence-electron chi connectivity index (χ0n) is 15.3. The third-order valence-electron chi connectivity index (χ3n) is 4.17. The largest absolute Gasteiger partial charge is 0.394 e. The molecular weight excluding hydrogens is 481 g/mol. The molecule has 6 nitrogen and oxygen atoms in total. The Morgan fingerprint density at radius 1 is 1.13 bits per heavy atom. The van der Waals surface area contributed by atoms with Crippen molar-refractivity contribution in [3.8, 4) is 11.1 Å². The number of rotatable bonds is 6. The lowest BCUT2D eigenvalue weighted by Gasteiger charge is -2.17. The number of nitrogens with one attached hydrogen (secondary N) is 2. The van der Waals surface area contributed by atoms with Crippen molar-refractivity contribution < 1.29 is 18.6 Å². The van der Waals surface area contributed by atoms with Crippen molar-refractivity contribution in [3.63, 3.8) is 0 Å². The molecule has 12 heteroatoms. The fourth-order valence-electron chi connectivity index (χ4n) is 2.73. The highest BCUT2D eigenvalue weighted by molar-refractivity contribution is 7.99. The first-order chi connectivity index (χ1) is 13.8. The summed E-state index contributed by atoms with van der Waals surface area (Å²) in [5.41, 5.74) is -1.30. The van der Waals surface area contributed by atoms with Crippen LogP contribution in [0.3, 0.4) is 0 Å². The third-order valence-corrected chi connectivity index (χ3v) is 6.00. The Morgan fingerprint density at radius 2 is 1.83 bits per heavy atom. The molecule has 0 aliphatic carbocycles. The lowest BCUT2D eigenvalue weighted by atomic mass is 10.0. The second kappa shape index (κ2) is 10.2. The standard InChI is InChI=1S/C18H14Cl2F2N2O4S.H2S/c1-28-7(5-25)6-29-16-14(8-2-10(19)13(22)4-12(8)21)11(20)3-9-15(16)23-18(27)24-17(9)26;/h2-4,7,25H,5-6H2,1H3,(H2,23,24,26,27);1H2/t7-;/m0./s1. The number of halogens is 4. The average Bonchev–Trinajstić information content (AvgIpc) is 2.66. The molecule has 0 aliphatic rings. The van der Waals surface area contributed by atoms with Gasteiger partial charge in [0.15, 0.2) is 0 Å². The molecule has 3 N–H and O–H groups in total. The number of H-pyrrole nitrogens is 2. The maximum absolute atomic E-state index is 14.6. The maximum atomic E-state index is 14.6. The van der Waals surface area contributed by atoms with Crippen molar-refractivity contribution in [3.05, 3.63) is 60.7 Å². The van der Waals surface area contributed by atoms with Gasteiger partial charge >= 0.3 is 5.69 Å². The van der Waals surface area contributed by atoms with Gasteiger partial charge in [0, 0.05) is 35.0 Å². The van der Waals surface area contributed by atoms with E-state index in [0.29, 0.717) is 6.07 Å². The van der Waals surface area contributed by atoms with Gasteiger partial charge in [0.05, 0.1) is 33.7 Å². The Bertz CT molecular complexity index is 1200. The molecule has 30 heavy (non-hydrogen) atoms. The fourth-order valence-corrected chi connectivity index (χ4v) is 4.51. The minimum absolute atomic E-state index is 0. The monoisotopic (exact) mass is 496 g/mol. The topological polar surface area (TPSA) is 95.2 Å². The summed E-state index contributed by atoms with van der Waals surface area (Å²) in [6, 6.07) is 2.98. The first kappa shape index (κ1) is 24.7. The van der Waals surface area contributed by atoms with Crippen LogP contribution in [0.5, 0.6) is 0 Å². The maximum Gasteiger partial charge on any atom is 0.326 e. The fraction of sp³-hybridized carbons (Fsp3) is 0.222. The number of hydrogen-bond donors (Lipinski definition) is 3. The summed E-state index contributed by atoms with van der Waals surface area (Å²) >= 11 is 13.3. The summed E-state index contributed by atoms with van der Waals surface area (Å²) in [5.74, 6) is -1.67. The van der Waals surface area contributed by atoms with E-state index < -0.39 is 29.0 Å². The van der Waals surface area contributed by atoms with Crippen LogP contribution < -0.4 is 11.2 Å². The van der Waals surface area contributed by atoms with Crippen molar-refractivity contribution in [1.29, 1.82) is 0 Å². The van der Waals surface area contributed by atoms with Crippen LogP contribution in [-0.4, -0.2) is 40.6 Å². The highest BCUT2D eigenvalue weighted by Crippen LogP contribution is 2.43. The van der Waals surface area contributed by atoms with E-state index in [1.54, 1.807) is 0 Å². The SMILES string of the molecule is CO[C@@H](CO)CSc1c(-c2cc(Cl)c(F)cc2F)c(Cl)cc2c(=O)[nH]c(=O)[nH]c12.S. The lowest BCUT2D eigenvalue weighted by molar-refractivity contribution is 0.0656. The molecule has 0 saturated heterocycles. The van der Waals surface area contributed by atoms with Gasteiger partial charge in [-0.1, -0.05) is 23.2 Å². The van der Waals surface area contributed by atoms with Crippen molar-refractivity contribution >= 4 is 59.4 Å². The number of fused-ring (bicyclic) bond motifs is 1. The first-order valence-electron chi connectivity index (χ1n) is 8.17. The molecule has 3 rings (SSSR count). The first-order valence-corrected chi connectivity index (χ1v) is 9.91. The van der Waals surface area contributed by atoms with Gasteiger partial charge in [0.1, 0.15) is 11.6 Å². The molecule has 0 saturated carbocycles. The van der Waals surface area contributed by atoms with Gasteiger partial charge in [0.25, 0.3) is 5.56 Å². The number of benzene rings is 2. The van der Waals surface area contributed by atoms with Gasteiger partial charge in [-0.25, -0.2) is 13.6 Å². The highest BCUT2D eigenvalue weighted by Gasteiger charge is 2.22. The predicted octanol–water partition coefficient (Wildman–Crippen LogP) is 3.68. The van der Waals surface area contributed by atoms with Crippen LogP contribution in [-0.2, 0) is 4.74 Å². The van der Waals surface area contributed by atoms with Gasteiger partial charge in [-0.3, -0.25) is 9.78 Å². The van der Waals surface area contributed by atoms with Gasteiger partial charge < -0.3 is 14.8 Å². The normalized spacial score (nSPS) is 12.1. The van der Waals surface area contributed by atoms with Gasteiger partial charge in [0.2, 0.25) is 0 Å². The summed E-state index contributed by atoms with van der Waals surface area (Å²) in [7, 11) is 1.41. The molecule has 3 aromatic rings. The number of aliphatic hydroxyl groups excluding tert-OH is 1. The average molecular weight is 497 g/mol. The Balaban J connectivity index is 0.00000320. The molecule has 1 aromatic heterocycles. The quantitative estimate of drug-likeness (QED) is 0.357. The number of aromatic nitrogens is 2. The van der Waals surface area contributed by atoms with Gasteiger partial charge in [-0.05, 0) is 12.1 Å². The van der Waals surface area contributed by atoms with Crippen LogP contribution in [0, 0.1) is 11.6 Å². The van der Waals surface area contributed by atoms with Crippen LogP contribution in [0.2, 0.25) is 10.0 Å². The molecule has 1 atom stereocenters. The van der Waals surface area contributed by atoms with E-state index in [2.05, 4.69) is 9.97 Å². The van der Waals surface area contributed by atoms with E-state index >= 15 is 0 Å². The van der Waals surface area contributed by atoms with Gasteiger partial charge in [-0.15, -0.1) is 11.8 Å². The molecule has 2 aromatic carbocycles. The number of ether oxygens (including phenoxy) is 1. The molecular formula is C18H16Cl2F2N2O4S2. The molecule has 0 spiro atoms. The molecule has 0 radical (unpaired) electrons. The van der Waals surface area contributed by atoms with E-state index in [1.807, 2.05) is 0 Å². The summed E-state index contributed by atoms with van der Waals surface area (Å²) in [4.78, 5) is 28.9. The van der Waals surface area contributed by atoms with Crippen molar-refractivity contribution in [2.45, 2.75) is 11.0 Å². The number of aromatic amines is 2. The van der Waals surface area contributed by atoms with Crippen molar-refractivity contribution in [2.24, 2.45) is 0 Å².